The summed E-state index contributed by atoms with van der Waals surface area (Å²) in [5.41, 5.74) is 2.34. The molecule has 0 spiro atoms. The quantitative estimate of drug-likeness (QED) is 0.795. The number of piperazine rings is 1. The van der Waals surface area contributed by atoms with E-state index in [1.807, 2.05) is 12.3 Å². The molecule has 3 nitrogen and oxygen atoms in total. The molecule has 106 valence electrons. The van der Waals surface area contributed by atoms with E-state index in [1.54, 1.807) is 0 Å². The fourth-order valence-corrected chi connectivity index (χ4v) is 3.47. The maximum atomic E-state index is 4.51. The van der Waals surface area contributed by atoms with Gasteiger partial charge in [0, 0.05) is 46.9 Å². The molecule has 2 atom stereocenters. The highest BCUT2D eigenvalue weighted by Gasteiger charge is 2.27. The van der Waals surface area contributed by atoms with Crippen LogP contribution in [0.4, 0.5) is 5.69 Å². The Morgan fingerprint density at radius 1 is 1.15 bits per heavy atom. The molecule has 2 unspecified atom stereocenters. The lowest BCUT2D eigenvalue weighted by molar-refractivity contribution is 0.170. The second-order valence-corrected chi connectivity index (χ2v) is 6.59. The van der Waals surface area contributed by atoms with Gasteiger partial charge in [-0.15, -0.1) is 0 Å². The van der Waals surface area contributed by atoms with E-state index in [4.69, 9.17) is 0 Å². The fourth-order valence-electron chi connectivity index (χ4n) is 3.00. The van der Waals surface area contributed by atoms with Crippen LogP contribution >= 0.6 is 15.9 Å². The summed E-state index contributed by atoms with van der Waals surface area (Å²) < 4.78 is 1.06. The third kappa shape index (κ3) is 2.31. The summed E-state index contributed by atoms with van der Waals surface area (Å²) in [6.07, 6.45) is 1.91. The largest absolute Gasteiger partial charge is 0.368 e. The van der Waals surface area contributed by atoms with Crippen molar-refractivity contribution in [3.05, 3.63) is 34.9 Å². The van der Waals surface area contributed by atoms with E-state index in [0.717, 1.165) is 23.1 Å². The van der Waals surface area contributed by atoms with Gasteiger partial charge in [-0.25, -0.2) is 0 Å². The number of halogens is 1. The Kier molecular flexibility index (Phi) is 3.69. The van der Waals surface area contributed by atoms with Crippen molar-refractivity contribution < 1.29 is 0 Å². The van der Waals surface area contributed by atoms with Crippen molar-refractivity contribution in [1.82, 2.24) is 9.88 Å². The van der Waals surface area contributed by atoms with E-state index < -0.39 is 0 Å². The first kappa shape index (κ1) is 13.8. The Morgan fingerprint density at radius 2 is 1.85 bits per heavy atom. The van der Waals surface area contributed by atoms with Gasteiger partial charge >= 0.3 is 0 Å². The number of hydrogen-bond donors (Lipinski definition) is 0. The Morgan fingerprint density at radius 3 is 2.55 bits per heavy atom. The molecule has 0 bridgehead atoms. The van der Waals surface area contributed by atoms with Gasteiger partial charge < -0.3 is 4.90 Å². The van der Waals surface area contributed by atoms with Crippen LogP contribution in [0.1, 0.15) is 13.8 Å². The normalized spacial score (nSPS) is 24.3. The van der Waals surface area contributed by atoms with E-state index in [2.05, 4.69) is 69.8 Å². The highest BCUT2D eigenvalue weighted by atomic mass is 79.9. The number of anilines is 1. The molecule has 0 saturated carbocycles. The highest BCUT2D eigenvalue weighted by molar-refractivity contribution is 9.10. The van der Waals surface area contributed by atoms with Gasteiger partial charge in [0.05, 0.1) is 5.52 Å². The zero-order chi connectivity index (χ0) is 14.3. The summed E-state index contributed by atoms with van der Waals surface area (Å²) in [7, 11) is 2.22. The Hall–Kier alpha value is -1.13. The Labute approximate surface area is 128 Å². The average Bonchev–Trinajstić information content (AvgIpc) is 2.44. The van der Waals surface area contributed by atoms with Crippen molar-refractivity contribution in [1.29, 1.82) is 0 Å². The van der Waals surface area contributed by atoms with Crippen molar-refractivity contribution in [2.45, 2.75) is 25.9 Å². The molecule has 1 aromatic heterocycles. The standard InChI is InChI=1S/C16H20BrN3/c1-11-9-20(10-12(2)19(11)3)15-7-8-18-16-13(15)5-4-6-14(16)17/h4-8,11-12H,9-10H2,1-3H3. The van der Waals surface area contributed by atoms with Gasteiger partial charge in [-0.2, -0.15) is 0 Å². The van der Waals surface area contributed by atoms with Gasteiger partial charge in [0.15, 0.2) is 0 Å². The highest BCUT2D eigenvalue weighted by Crippen LogP contribution is 2.31. The van der Waals surface area contributed by atoms with Crippen molar-refractivity contribution in [3.63, 3.8) is 0 Å². The molecule has 4 heteroatoms. The lowest BCUT2D eigenvalue weighted by Crippen LogP contribution is -2.55. The minimum Gasteiger partial charge on any atom is -0.368 e. The molecule has 0 aliphatic carbocycles. The van der Waals surface area contributed by atoms with Crippen LogP contribution in [-0.4, -0.2) is 42.1 Å². The van der Waals surface area contributed by atoms with E-state index in [1.165, 1.54) is 11.1 Å². The van der Waals surface area contributed by atoms with Crippen LogP contribution in [0.2, 0.25) is 0 Å². The lowest BCUT2D eigenvalue weighted by Gasteiger charge is -2.43. The van der Waals surface area contributed by atoms with Crippen LogP contribution in [0.5, 0.6) is 0 Å². The molecule has 1 aliphatic heterocycles. The van der Waals surface area contributed by atoms with Gasteiger partial charge in [0.2, 0.25) is 0 Å². The molecule has 2 aromatic rings. The molecule has 1 saturated heterocycles. The third-order valence-electron chi connectivity index (χ3n) is 4.40. The van der Waals surface area contributed by atoms with Crippen molar-refractivity contribution in [2.24, 2.45) is 0 Å². The summed E-state index contributed by atoms with van der Waals surface area (Å²) in [6.45, 7) is 6.71. The maximum absolute atomic E-state index is 4.51. The second kappa shape index (κ2) is 5.34. The summed E-state index contributed by atoms with van der Waals surface area (Å²) in [6, 6.07) is 9.56. The predicted molar refractivity (Wildman–Crippen MR) is 88.3 cm³/mol. The summed E-state index contributed by atoms with van der Waals surface area (Å²) in [4.78, 5) is 9.45. The summed E-state index contributed by atoms with van der Waals surface area (Å²) in [5.74, 6) is 0. The average molecular weight is 334 g/mol. The van der Waals surface area contributed by atoms with Crippen molar-refractivity contribution in [2.75, 3.05) is 25.0 Å². The molecule has 0 radical (unpaired) electrons. The number of fused-ring (bicyclic) bond motifs is 1. The number of likely N-dealkylation sites (N-methyl/N-ethyl adjacent to an activating group) is 1. The van der Waals surface area contributed by atoms with Crippen molar-refractivity contribution >= 4 is 32.5 Å². The monoisotopic (exact) mass is 333 g/mol. The number of hydrogen-bond acceptors (Lipinski definition) is 3. The third-order valence-corrected chi connectivity index (χ3v) is 5.04. The zero-order valence-electron chi connectivity index (χ0n) is 12.2. The molecular formula is C16H20BrN3. The SMILES string of the molecule is CC1CN(c2ccnc3c(Br)cccc23)CC(C)N1C. The Balaban J connectivity index is 2.05. The zero-order valence-corrected chi connectivity index (χ0v) is 13.8. The molecule has 20 heavy (non-hydrogen) atoms. The smallest absolute Gasteiger partial charge is 0.0864 e. The fraction of sp³-hybridized carbons (Fsp3) is 0.438. The van der Waals surface area contributed by atoms with Crippen LogP contribution in [0, 0.1) is 0 Å². The van der Waals surface area contributed by atoms with Gasteiger partial charge in [-0.05, 0) is 49.0 Å². The first-order chi connectivity index (χ1) is 9.58. The first-order valence-corrected chi connectivity index (χ1v) is 7.87. The Bertz CT molecular complexity index is 616. The molecule has 0 amide bonds. The van der Waals surface area contributed by atoms with Crippen LogP contribution in [0.25, 0.3) is 10.9 Å². The van der Waals surface area contributed by atoms with Crippen LogP contribution in [0.15, 0.2) is 34.9 Å². The number of benzene rings is 1. The van der Waals surface area contributed by atoms with Gasteiger partial charge in [-0.3, -0.25) is 9.88 Å². The van der Waals surface area contributed by atoms with Crippen molar-refractivity contribution in [3.8, 4) is 0 Å². The summed E-state index contributed by atoms with van der Waals surface area (Å²) in [5, 5.41) is 1.23. The minimum absolute atomic E-state index is 0.564. The lowest BCUT2D eigenvalue weighted by atomic mass is 10.1. The van der Waals surface area contributed by atoms with Gasteiger partial charge in [-0.1, -0.05) is 12.1 Å². The molecule has 0 N–H and O–H groups in total. The molecule has 3 rings (SSSR count). The summed E-state index contributed by atoms with van der Waals surface area (Å²) >= 11 is 3.60. The number of aromatic nitrogens is 1. The second-order valence-electron chi connectivity index (χ2n) is 5.73. The predicted octanol–water partition coefficient (Wildman–Crippen LogP) is 3.53. The van der Waals surface area contributed by atoms with E-state index in [-0.39, 0.29) is 0 Å². The molecule has 2 heterocycles. The van der Waals surface area contributed by atoms with E-state index in [9.17, 15) is 0 Å². The number of pyridine rings is 1. The van der Waals surface area contributed by atoms with Crippen LogP contribution < -0.4 is 4.90 Å². The molecule has 1 fully saturated rings. The van der Waals surface area contributed by atoms with E-state index >= 15 is 0 Å². The van der Waals surface area contributed by atoms with Gasteiger partial charge in [0.25, 0.3) is 0 Å². The number of para-hydroxylation sites is 1. The molecule has 1 aromatic carbocycles. The maximum Gasteiger partial charge on any atom is 0.0864 e. The van der Waals surface area contributed by atoms with E-state index in [0.29, 0.717) is 12.1 Å². The van der Waals surface area contributed by atoms with Crippen LogP contribution in [0.3, 0.4) is 0 Å². The minimum atomic E-state index is 0.564. The van der Waals surface area contributed by atoms with Gasteiger partial charge in [0.1, 0.15) is 0 Å². The molecular weight excluding hydrogens is 314 g/mol. The first-order valence-electron chi connectivity index (χ1n) is 7.08. The molecule has 1 aliphatic rings. The van der Waals surface area contributed by atoms with Crippen LogP contribution in [-0.2, 0) is 0 Å². The topological polar surface area (TPSA) is 19.4 Å². The number of rotatable bonds is 1. The number of nitrogens with zero attached hydrogens (tertiary/aromatic N) is 3.